The molecule has 0 spiro atoms. The van der Waals surface area contributed by atoms with E-state index in [-0.39, 0.29) is 42.5 Å². The smallest absolute Gasteiger partial charge is 0.331 e. The molecule has 3 aromatic heterocycles. The highest BCUT2D eigenvalue weighted by Gasteiger charge is 2.33. The van der Waals surface area contributed by atoms with Crippen LogP contribution in [0.5, 0.6) is 5.75 Å². The molecule has 1 atom stereocenters. The first-order valence-corrected chi connectivity index (χ1v) is 11.1. The summed E-state index contributed by atoms with van der Waals surface area (Å²) in [7, 11) is 0. The lowest BCUT2D eigenvalue weighted by molar-refractivity contribution is 0.238. The maximum atomic E-state index is 15.0. The minimum Gasteiger partial charge on any atom is -0.490 e. The van der Waals surface area contributed by atoms with Crippen molar-refractivity contribution in [3.8, 4) is 17.8 Å². The molecule has 9 nitrogen and oxygen atoms in total. The molecule has 0 bridgehead atoms. The van der Waals surface area contributed by atoms with Crippen LogP contribution in [0, 0.1) is 23.0 Å². The Morgan fingerprint density at radius 3 is 2.83 bits per heavy atom. The molecule has 11 heteroatoms. The summed E-state index contributed by atoms with van der Waals surface area (Å²) in [5, 5.41) is 9.30. The minimum absolute atomic E-state index is 0.0343. The van der Waals surface area contributed by atoms with Crippen LogP contribution in [0.3, 0.4) is 0 Å². The predicted octanol–water partition coefficient (Wildman–Crippen LogP) is 3.64. The maximum absolute atomic E-state index is 15.0. The SMILES string of the molecule is C=CCn1c(=O)n([C@@H]2CCOc3c(F)ccc(F)c32)c2nc(-n3cnc4ccc(C#N)cc43)ncc21. The summed E-state index contributed by atoms with van der Waals surface area (Å²) in [5.41, 5.74) is 1.85. The van der Waals surface area contributed by atoms with E-state index < -0.39 is 23.4 Å². The van der Waals surface area contributed by atoms with Gasteiger partial charge in [-0.2, -0.15) is 10.2 Å². The van der Waals surface area contributed by atoms with E-state index >= 15 is 0 Å². The maximum Gasteiger partial charge on any atom is 0.331 e. The molecule has 6 rings (SSSR count). The third-order valence-corrected chi connectivity index (χ3v) is 6.27. The summed E-state index contributed by atoms with van der Waals surface area (Å²) in [6, 6.07) is 8.31. The molecule has 0 aliphatic carbocycles. The lowest BCUT2D eigenvalue weighted by Crippen LogP contribution is -2.32. The van der Waals surface area contributed by atoms with E-state index in [1.807, 2.05) is 0 Å². The lowest BCUT2D eigenvalue weighted by Gasteiger charge is -2.27. The molecule has 2 aromatic carbocycles. The monoisotopic (exact) mass is 485 g/mol. The van der Waals surface area contributed by atoms with E-state index in [0.717, 1.165) is 12.1 Å². The average molecular weight is 485 g/mol. The van der Waals surface area contributed by atoms with Gasteiger partial charge >= 0.3 is 5.69 Å². The number of halogens is 2. The van der Waals surface area contributed by atoms with Crippen LogP contribution in [0.4, 0.5) is 8.78 Å². The van der Waals surface area contributed by atoms with Gasteiger partial charge < -0.3 is 4.74 Å². The summed E-state index contributed by atoms with van der Waals surface area (Å²) in [4.78, 5) is 27.0. The Morgan fingerprint density at radius 1 is 1.19 bits per heavy atom. The Labute approximate surface area is 202 Å². The van der Waals surface area contributed by atoms with E-state index in [0.29, 0.717) is 22.1 Å². The average Bonchev–Trinajstić information content (AvgIpc) is 3.44. The van der Waals surface area contributed by atoms with Crippen molar-refractivity contribution in [2.45, 2.75) is 19.0 Å². The summed E-state index contributed by atoms with van der Waals surface area (Å²) < 4.78 is 39.3. The number of nitrogens with zero attached hydrogens (tertiary/aromatic N) is 7. The first kappa shape index (κ1) is 21.7. The molecule has 0 amide bonds. The Hall–Kier alpha value is -4.85. The summed E-state index contributed by atoms with van der Waals surface area (Å²) in [5.74, 6) is -1.38. The second-order valence-corrected chi connectivity index (χ2v) is 8.29. The number of ether oxygens (including phenoxy) is 1. The molecule has 1 aliphatic heterocycles. The second kappa shape index (κ2) is 8.13. The Kier molecular flexibility index (Phi) is 4.89. The van der Waals surface area contributed by atoms with Crippen molar-refractivity contribution in [1.82, 2.24) is 28.7 Å². The molecule has 178 valence electrons. The lowest BCUT2D eigenvalue weighted by atomic mass is 9.99. The fourth-order valence-corrected chi connectivity index (χ4v) is 4.67. The van der Waals surface area contributed by atoms with Crippen molar-refractivity contribution >= 4 is 22.2 Å². The normalized spacial score (nSPS) is 15.0. The summed E-state index contributed by atoms with van der Waals surface area (Å²) in [6.45, 7) is 3.99. The van der Waals surface area contributed by atoms with Crippen molar-refractivity contribution in [3.63, 3.8) is 0 Å². The summed E-state index contributed by atoms with van der Waals surface area (Å²) >= 11 is 0. The molecule has 0 fully saturated rings. The van der Waals surface area contributed by atoms with Gasteiger partial charge in [0.1, 0.15) is 17.7 Å². The second-order valence-electron chi connectivity index (χ2n) is 8.29. The van der Waals surface area contributed by atoms with Crippen molar-refractivity contribution < 1.29 is 13.5 Å². The van der Waals surface area contributed by atoms with Crippen molar-refractivity contribution in [2.75, 3.05) is 6.61 Å². The van der Waals surface area contributed by atoms with E-state index in [4.69, 9.17) is 4.74 Å². The zero-order valence-corrected chi connectivity index (χ0v) is 18.7. The van der Waals surface area contributed by atoms with Crippen LogP contribution >= 0.6 is 0 Å². The molecule has 1 aliphatic rings. The van der Waals surface area contributed by atoms with Crippen LogP contribution < -0.4 is 10.4 Å². The molecule has 0 saturated carbocycles. The predicted molar refractivity (Wildman–Crippen MR) is 126 cm³/mol. The van der Waals surface area contributed by atoms with Crippen LogP contribution in [0.25, 0.3) is 28.1 Å². The standard InChI is InChI=1S/C25H17F2N7O2/c1-2-8-32-20-12-29-24(33-13-30-17-6-3-14(11-28)10-19(17)33)31-23(20)34(25(32)35)18-7-9-36-22-16(27)5-4-15(26)21(18)22/h2-6,10,12-13,18H,1,7-9H2/t18-/m1/s1. The van der Waals surface area contributed by atoms with E-state index in [9.17, 15) is 18.8 Å². The third kappa shape index (κ3) is 3.11. The minimum atomic E-state index is -0.849. The van der Waals surface area contributed by atoms with Gasteiger partial charge in [-0.1, -0.05) is 6.08 Å². The van der Waals surface area contributed by atoms with Gasteiger partial charge in [-0.15, -0.1) is 6.58 Å². The first-order valence-electron chi connectivity index (χ1n) is 11.1. The van der Waals surface area contributed by atoms with Crippen molar-refractivity contribution in [2.24, 2.45) is 0 Å². The van der Waals surface area contributed by atoms with Gasteiger partial charge in [-0.25, -0.2) is 23.5 Å². The highest BCUT2D eigenvalue weighted by molar-refractivity contribution is 5.79. The topological polar surface area (TPSA) is 104 Å². The number of imidazole rings is 2. The van der Waals surface area contributed by atoms with E-state index in [2.05, 4.69) is 27.6 Å². The third-order valence-electron chi connectivity index (χ3n) is 6.27. The Bertz CT molecular complexity index is 1790. The van der Waals surface area contributed by atoms with Gasteiger partial charge in [0.15, 0.2) is 17.2 Å². The molecule has 5 aromatic rings. The van der Waals surface area contributed by atoms with Crippen LogP contribution in [-0.2, 0) is 6.54 Å². The quantitative estimate of drug-likeness (QED) is 0.360. The van der Waals surface area contributed by atoms with Crippen LogP contribution in [0.2, 0.25) is 0 Å². The zero-order valence-electron chi connectivity index (χ0n) is 18.7. The van der Waals surface area contributed by atoms with E-state index in [1.165, 1.54) is 21.7 Å². The molecule has 0 radical (unpaired) electrons. The van der Waals surface area contributed by atoms with Gasteiger partial charge in [-0.05, 0) is 30.3 Å². The largest absolute Gasteiger partial charge is 0.490 e. The highest BCUT2D eigenvalue weighted by Crippen LogP contribution is 2.39. The molecule has 0 saturated heterocycles. The summed E-state index contributed by atoms with van der Waals surface area (Å²) in [6.07, 6.45) is 4.82. The number of fused-ring (bicyclic) bond motifs is 3. The number of allylic oxidation sites excluding steroid dienone is 1. The van der Waals surface area contributed by atoms with Gasteiger partial charge in [0, 0.05) is 13.0 Å². The number of hydrogen-bond acceptors (Lipinski definition) is 6. The first-order chi connectivity index (χ1) is 17.5. The number of rotatable bonds is 4. The van der Waals surface area contributed by atoms with Crippen LogP contribution in [0.1, 0.15) is 23.6 Å². The van der Waals surface area contributed by atoms with Gasteiger partial charge in [0.05, 0.1) is 47.1 Å². The Balaban J connectivity index is 1.62. The van der Waals surface area contributed by atoms with Gasteiger partial charge in [-0.3, -0.25) is 13.7 Å². The highest BCUT2D eigenvalue weighted by atomic mass is 19.1. The fraction of sp³-hybridized carbons (Fsp3) is 0.160. The number of hydrogen-bond donors (Lipinski definition) is 0. The molecule has 36 heavy (non-hydrogen) atoms. The van der Waals surface area contributed by atoms with E-state index in [1.54, 1.807) is 28.8 Å². The van der Waals surface area contributed by atoms with Crippen LogP contribution in [-0.4, -0.2) is 35.3 Å². The molecular formula is C25H17F2N7O2. The fourth-order valence-electron chi connectivity index (χ4n) is 4.67. The molecular weight excluding hydrogens is 468 g/mol. The number of benzene rings is 2. The molecule has 0 unspecified atom stereocenters. The van der Waals surface area contributed by atoms with Gasteiger partial charge in [0.25, 0.3) is 0 Å². The Morgan fingerprint density at radius 2 is 2.03 bits per heavy atom. The zero-order chi connectivity index (χ0) is 25.0. The molecule has 0 N–H and O–H groups in total. The molecule has 4 heterocycles. The number of nitriles is 1. The number of aromatic nitrogens is 6. The van der Waals surface area contributed by atoms with Crippen molar-refractivity contribution in [1.29, 1.82) is 5.26 Å². The van der Waals surface area contributed by atoms with Gasteiger partial charge in [0.2, 0.25) is 5.95 Å². The van der Waals surface area contributed by atoms with Crippen molar-refractivity contribution in [3.05, 3.63) is 88.8 Å². The van der Waals surface area contributed by atoms with Crippen LogP contribution in [0.15, 0.2) is 60.3 Å².